The molecule has 144 valence electrons. The van der Waals surface area contributed by atoms with E-state index in [4.69, 9.17) is 9.47 Å². The molecule has 0 saturated carbocycles. The first-order valence-corrected chi connectivity index (χ1v) is 8.06. The van der Waals surface area contributed by atoms with Crippen LogP contribution >= 0.6 is 0 Å². The lowest BCUT2D eigenvalue weighted by Gasteiger charge is -2.16. The number of hydrogen-bond donors (Lipinski definition) is 0. The van der Waals surface area contributed by atoms with Crippen LogP contribution in [0.4, 0.5) is 13.2 Å². The minimum atomic E-state index is -4.37. The standard InChI is InChI=1S/C20H20F3NO3/c1-24(13-15-4-8-16(9-5-15)20(21,22)23)19(25)11-7-14-6-10-17(26-2)18(12-14)27-3/h4-12H,13H2,1-3H3/b11-7+. The molecule has 0 aliphatic heterocycles. The van der Waals surface area contributed by atoms with Crippen molar-refractivity contribution in [1.82, 2.24) is 4.90 Å². The average Bonchev–Trinajstić information content (AvgIpc) is 2.65. The molecule has 0 bridgehead atoms. The van der Waals surface area contributed by atoms with E-state index in [1.165, 1.54) is 37.3 Å². The van der Waals surface area contributed by atoms with Crippen LogP contribution in [0.2, 0.25) is 0 Å². The van der Waals surface area contributed by atoms with E-state index in [0.29, 0.717) is 17.1 Å². The second kappa shape index (κ2) is 8.62. The first-order chi connectivity index (χ1) is 12.7. The number of halogens is 3. The number of methoxy groups -OCH3 is 2. The van der Waals surface area contributed by atoms with Gasteiger partial charge in [-0.3, -0.25) is 4.79 Å². The number of amides is 1. The molecule has 0 heterocycles. The normalized spacial score (nSPS) is 11.5. The van der Waals surface area contributed by atoms with Gasteiger partial charge in [0.2, 0.25) is 5.91 Å². The van der Waals surface area contributed by atoms with Crippen LogP contribution in [0.1, 0.15) is 16.7 Å². The maximum Gasteiger partial charge on any atom is 0.416 e. The van der Waals surface area contributed by atoms with E-state index >= 15 is 0 Å². The van der Waals surface area contributed by atoms with Crippen molar-refractivity contribution >= 4 is 12.0 Å². The van der Waals surface area contributed by atoms with Crippen LogP contribution in [0.25, 0.3) is 6.08 Å². The van der Waals surface area contributed by atoms with Gasteiger partial charge in [-0.05, 0) is 41.5 Å². The Labute approximate surface area is 155 Å². The molecule has 0 aliphatic carbocycles. The second-order valence-corrected chi connectivity index (χ2v) is 5.84. The molecule has 0 saturated heterocycles. The van der Waals surface area contributed by atoms with Crippen molar-refractivity contribution in [2.75, 3.05) is 21.3 Å². The number of rotatable bonds is 6. The Morgan fingerprint density at radius 2 is 1.67 bits per heavy atom. The van der Waals surface area contributed by atoms with Gasteiger partial charge in [0, 0.05) is 19.7 Å². The summed E-state index contributed by atoms with van der Waals surface area (Å²) in [4.78, 5) is 13.6. The number of carbonyl (C=O) groups excluding carboxylic acids is 1. The highest BCUT2D eigenvalue weighted by atomic mass is 19.4. The van der Waals surface area contributed by atoms with E-state index in [1.54, 1.807) is 31.3 Å². The fourth-order valence-electron chi connectivity index (χ4n) is 2.40. The fourth-order valence-corrected chi connectivity index (χ4v) is 2.40. The van der Waals surface area contributed by atoms with Gasteiger partial charge >= 0.3 is 6.18 Å². The van der Waals surface area contributed by atoms with Crippen molar-refractivity contribution in [1.29, 1.82) is 0 Å². The van der Waals surface area contributed by atoms with Crippen LogP contribution in [0.3, 0.4) is 0 Å². The van der Waals surface area contributed by atoms with Gasteiger partial charge in [0.15, 0.2) is 11.5 Å². The Kier molecular flexibility index (Phi) is 6.50. The molecule has 0 N–H and O–H groups in total. The molecule has 0 atom stereocenters. The summed E-state index contributed by atoms with van der Waals surface area (Å²) in [7, 11) is 4.64. The summed E-state index contributed by atoms with van der Waals surface area (Å²) in [5.41, 5.74) is 0.649. The highest BCUT2D eigenvalue weighted by Crippen LogP contribution is 2.29. The zero-order chi connectivity index (χ0) is 20.0. The van der Waals surface area contributed by atoms with Gasteiger partial charge in [-0.25, -0.2) is 0 Å². The Morgan fingerprint density at radius 1 is 1.04 bits per heavy atom. The van der Waals surface area contributed by atoms with E-state index in [-0.39, 0.29) is 12.5 Å². The second-order valence-electron chi connectivity index (χ2n) is 5.84. The largest absolute Gasteiger partial charge is 0.493 e. The molecule has 0 fully saturated rings. The zero-order valence-corrected chi connectivity index (χ0v) is 15.2. The van der Waals surface area contributed by atoms with E-state index < -0.39 is 11.7 Å². The van der Waals surface area contributed by atoms with Crippen LogP contribution in [0.5, 0.6) is 11.5 Å². The Bertz CT molecular complexity index is 814. The monoisotopic (exact) mass is 379 g/mol. The molecule has 7 heteroatoms. The first-order valence-electron chi connectivity index (χ1n) is 8.06. The van der Waals surface area contributed by atoms with Crippen molar-refractivity contribution in [3.8, 4) is 11.5 Å². The molecule has 2 aromatic carbocycles. The highest BCUT2D eigenvalue weighted by Gasteiger charge is 2.29. The smallest absolute Gasteiger partial charge is 0.416 e. The lowest BCUT2D eigenvalue weighted by atomic mass is 10.1. The summed E-state index contributed by atoms with van der Waals surface area (Å²) >= 11 is 0. The maximum absolute atomic E-state index is 12.6. The first kappa shape index (κ1) is 20.4. The summed E-state index contributed by atoms with van der Waals surface area (Å²) in [5, 5.41) is 0. The van der Waals surface area contributed by atoms with Gasteiger partial charge in [-0.15, -0.1) is 0 Å². The van der Waals surface area contributed by atoms with Crippen LogP contribution in [0.15, 0.2) is 48.5 Å². The van der Waals surface area contributed by atoms with Crippen molar-refractivity contribution in [2.24, 2.45) is 0 Å². The average molecular weight is 379 g/mol. The summed E-state index contributed by atoms with van der Waals surface area (Å²) in [5.74, 6) is 0.857. The van der Waals surface area contributed by atoms with E-state index in [1.807, 2.05) is 0 Å². The molecule has 0 unspecified atom stereocenters. The van der Waals surface area contributed by atoms with Crippen LogP contribution in [-0.4, -0.2) is 32.1 Å². The SMILES string of the molecule is COc1ccc(/C=C/C(=O)N(C)Cc2ccc(C(F)(F)F)cc2)cc1OC. The molecular weight excluding hydrogens is 359 g/mol. The number of hydrogen-bond acceptors (Lipinski definition) is 3. The molecule has 0 aliphatic rings. The van der Waals surface area contributed by atoms with Crippen molar-refractivity contribution < 1.29 is 27.4 Å². The van der Waals surface area contributed by atoms with E-state index in [9.17, 15) is 18.0 Å². The minimum absolute atomic E-state index is 0.202. The summed E-state index contributed by atoms with van der Waals surface area (Å²) in [6.45, 7) is 0.202. The number of benzene rings is 2. The molecule has 0 radical (unpaired) electrons. The molecule has 27 heavy (non-hydrogen) atoms. The lowest BCUT2D eigenvalue weighted by molar-refractivity contribution is -0.137. The predicted octanol–water partition coefficient (Wildman–Crippen LogP) is 4.39. The highest BCUT2D eigenvalue weighted by molar-refractivity contribution is 5.91. The van der Waals surface area contributed by atoms with Gasteiger partial charge in [-0.1, -0.05) is 18.2 Å². The third-order valence-electron chi connectivity index (χ3n) is 3.90. The number of carbonyl (C=O) groups is 1. The Morgan fingerprint density at radius 3 is 2.22 bits per heavy atom. The number of ether oxygens (including phenoxy) is 2. The van der Waals surface area contributed by atoms with Gasteiger partial charge < -0.3 is 14.4 Å². The number of nitrogens with zero attached hydrogens (tertiary/aromatic N) is 1. The third-order valence-corrected chi connectivity index (χ3v) is 3.90. The van der Waals surface area contributed by atoms with E-state index in [0.717, 1.165) is 17.7 Å². The molecule has 2 aromatic rings. The summed E-state index contributed by atoms with van der Waals surface area (Å²) in [6, 6.07) is 9.99. The van der Waals surface area contributed by atoms with Gasteiger partial charge in [0.25, 0.3) is 0 Å². The zero-order valence-electron chi connectivity index (χ0n) is 15.2. The van der Waals surface area contributed by atoms with Crippen molar-refractivity contribution in [2.45, 2.75) is 12.7 Å². The molecule has 0 spiro atoms. The molecule has 2 rings (SSSR count). The predicted molar refractivity (Wildman–Crippen MR) is 96.5 cm³/mol. The van der Waals surface area contributed by atoms with Crippen molar-refractivity contribution in [3.05, 3.63) is 65.2 Å². The molecule has 4 nitrogen and oxygen atoms in total. The lowest BCUT2D eigenvalue weighted by Crippen LogP contribution is -2.24. The number of likely N-dealkylation sites (N-methyl/N-ethyl adjacent to an activating group) is 1. The maximum atomic E-state index is 12.6. The Balaban J connectivity index is 2.02. The Hall–Kier alpha value is -2.96. The van der Waals surface area contributed by atoms with E-state index in [2.05, 4.69) is 0 Å². The van der Waals surface area contributed by atoms with Crippen LogP contribution in [-0.2, 0) is 17.5 Å². The third kappa shape index (κ3) is 5.51. The molecule has 0 aromatic heterocycles. The van der Waals surface area contributed by atoms with Crippen molar-refractivity contribution in [3.63, 3.8) is 0 Å². The van der Waals surface area contributed by atoms with Gasteiger partial charge in [0.1, 0.15) is 0 Å². The quantitative estimate of drug-likeness (QED) is 0.699. The van der Waals surface area contributed by atoms with Gasteiger partial charge in [-0.2, -0.15) is 13.2 Å². The van der Waals surface area contributed by atoms with Gasteiger partial charge in [0.05, 0.1) is 19.8 Å². The van der Waals surface area contributed by atoms with Crippen LogP contribution in [0, 0.1) is 0 Å². The van der Waals surface area contributed by atoms with Crippen LogP contribution < -0.4 is 9.47 Å². The summed E-state index contributed by atoms with van der Waals surface area (Å²) in [6.07, 6.45) is -1.35. The topological polar surface area (TPSA) is 38.8 Å². The summed E-state index contributed by atoms with van der Waals surface area (Å²) < 4.78 is 48.1. The molecule has 1 amide bonds. The molecular formula is C20H20F3NO3. The minimum Gasteiger partial charge on any atom is -0.493 e. The number of alkyl halides is 3. The fraction of sp³-hybridized carbons (Fsp3) is 0.250.